The van der Waals surface area contributed by atoms with Crippen molar-refractivity contribution in [2.75, 3.05) is 7.11 Å². The van der Waals surface area contributed by atoms with Crippen LogP contribution in [-0.2, 0) is 16.1 Å². The molecule has 1 aromatic heterocycles. The Balaban J connectivity index is 2.17. The molecule has 1 fully saturated rings. The maximum absolute atomic E-state index is 11.8. The lowest BCUT2D eigenvalue weighted by atomic mass is 10.2. The maximum atomic E-state index is 11.8. The van der Waals surface area contributed by atoms with E-state index in [0.717, 1.165) is 31.5 Å². The van der Waals surface area contributed by atoms with Gasteiger partial charge in [0.25, 0.3) is 0 Å². The molecular weight excluding hydrogens is 218 g/mol. The third-order valence-electron chi connectivity index (χ3n) is 2.92. The molecule has 0 aliphatic heterocycles. The lowest BCUT2D eigenvalue weighted by molar-refractivity contribution is -0.143. The summed E-state index contributed by atoms with van der Waals surface area (Å²) in [4.78, 5) is 15.9. The predicted molar refractivity (Wildman–Crippen MR) is 63.4 cm³/mol. The van der Waals surface area contributed by atoms with E-state index in [0.29, 0.717) is 6.04 Å². The number of hydrogen-bond acceptors (Lipinski definition) is 4. The molecule has 5 heteroatoms. The molecular formula is C12H19N3O2. The van der Waals surface area contributed by atoms with Crippen LogP contribution >= 0.6 is 0 Å². The van der Waals surface area contributed by atoms with Gasteiger partial charge in [0.2, 0.25) is 0 Å². The second-order valence-corrected chi connectivity index (χ2v) is 4.41. The average Bonchev–Trinajstić information content (AvgIpc) is 3.05. The van der Waals surface area contributed by atoms with Crippen molar-refractivity contribution in [3.63, 3.8) is 0 Å². The highest BCUT2D eigenvalue weighted by Crippen LogP contribution is 2.25. The van der Waals surface area contributed by atoms with Gasteiger partial charge in [0.1, 0.15) is 6.04 Å². The normalized spacial score (nSPS) is 16.8. The van der Waals surface area contributed by atoms with E-state index in [9.17, 15) is 4.79 Å². The molecule has 1 heterocycles. The summed E-state index contributed by atoms with van der Waals surface area (Å²) in [5.74, 6) is -0.241. The number of carbonyl (C=O) groups is 1. The number of aryl methyl sites for hydroxylation is 1. The van der Waals surface area contributed by atoms with Gasteiger partial charge in [0, 0.05) is 12.6 Å². The second kappa shape index (κ2) is 5.31. The molecule has 0 saturated heterocycles. The van der Waals surface area contributed by atoms with Crippen LogP contribution in [0.4, 0.5) is 0 Å². The zero-order chi connectivity index (χ0) is 12.3. The van der Waals surface area contributed by atoms with Crippen LogP contribution in [0.5, 0.6) is 0 Å². The molecule has 2 rings (SSSR count). The molecule has 0 spiro atoms. The number of nitrogens with one attached hydrogen (secondary N) is 1. The molecule has 1 saturated carbocycles. The van der Waals surface area contributed by atoms with E-state index in [1.807, 2.05) is 4.57 Å². The summed E-state index contributed by atoms with van der Waals surface area (Å²) in [5, 5.41) is 3.31. The van der Waals surface area contributed by atoms with Crippen LogP contribution in [0, 0.1) is 0 Å². The van der Waals surface area contributed by atoms with Crippen molar-refractivity contribution in [1.82, 2.24) is 14.9 Å². The van der Waals surface area contributed by atoms with Crippen LogP contribution in [0.25, 0.3) is 0 Å². The summed E-state index contributed by atoms with van der Waals surface area (Å²) < 4.78 is 6.87. The maximum Gasteiger partial charge on any atom is 0.329 e. The van der Waals surface area contributed by atoms with Crippen molar-refractivity contribution in [3.05, 3.63) is 18.2 Å². The Morgan fingerprint density at radius 3 is 3.06 bits per heavy atom. The van der Waals surface area contributed by atoms with Gasteiger partial charge in [-0.3, -0.25) is 5.32 Å². The van der Waals surface area contributed by atoms with E-state index < -0.39 is 0 Å². The van der Waals surface area contributed by atoms with E-state index in [2.05, 4.69) is 17.2 Å². The summed E-state index contributed by atoms with van der Waals surface area (Å²) >= 11 is 0. The van der Waals surface area contributed by atoms with Crippen molar-refractivity contribution in [1.29, 1.82) is 0 Å². The Morgan fingerprint density at radius 2 is 2.47 bits per heavy atom. The minimum atomic E-state index is -0.387. The first-order chi connectivity index (χ1) is 8.26. The SMILES string of the molecule is CCCn1cncc1C(NC1CC1)C(=O)OC. The van der Waals surface area contributed by atoms with Gasteiger partial charge in [-0.15, -0.1) is 0 Å². The van der Waals surface area contributed by atoms with Crippen LogP contribution in [0.2, 0.25) is 0 Å². The predicted octanol–water partition coefficient (Wildman–Crippen LogP) is 1.26. The first-order valence-electron chi connectivity index (χ1n) is 6.10. The standard InChI is InChI=1S/C12H19N3O2/c1-3-6-15-8-13-7-10(15)11(12(16)17-2)14-9-4-5-9/h7-9,11,14H,3-6H2,1-2H3. The van der Waals surface area contributed by atoms with Crippen LogP contribution in [-0.4, -0.2) is 28.7 Å². The largest absolute Gasteiger partial charge is 0.468 e. The minimum absolute atomic E-state index is 0.241. The average molecular weight is 237 g/mol. The zero-order valence-corrected chi connectivity index (χ0v) is 10.3. The number of nitrogens with zero attached hydrogens (tertiary/aromatic N) is 2. The summed E-state index contributed by atoms with van der Waals surface area (Å²) in [6.07, 6.45) is 6.79. The topological polar surface area (TPSA) is 56.2 Å². The molecule has 1 unspecified atom stereocenters. The fourth-order valence-electron chi connectivity index (χ4n) is 1.88. The third-order valence-corrected chi connectivity index (χ3v) is 2.92. The molecule has 1 N–H and O–H groups in total. The number of aromatic nitrogens is 2. The van der Waals surface area contributed by atoms with E-state index in [-0.39, 0.29) is 12.0 Å². The highest BCUT2D eigenvalue weighted by molar-refractivity contribution is 5.77. The second-order valence-electron chi connectivity index (χ2n) is 4.41. The fraction of sp³-hybridized carbons (Fsp3) is 0.667. The Bertz CT molecular complexity index is 385. The third kappa shape index (κ3) is 2.85. The molecule has 5 nitrogen and oxygen atoms in total. The summed E-state index contributed by atoms with van der Waals surface area (Å²) in [6.45, 7) is 2.97. The Morgan fingerprint density at radius 1 is 1.71 bits per heavy atom. The lowest BCUT2D eigenvalue weighted by Gasteiger charge is -2.17. The van der Waals surface area contributed by atoms with Crippen molar-refractivity contribution in [3.8, 4) is 0 Å². The molecule has 1 aliphatic carbocycles. The highest BCUT2D eigenvalue weighted by atomic mass is 16.5. The Kier molecular flexibility index (Phi) is 3.78. The molecule has 1 aliphatic rings. The first kappa shape index (κ1) is 12.1. The fourth-order valence-corrected chi connectivity index (χ4v) is 1.88. The molecule has 94 valence electrons. The quantitative estimate of drug-likeness (QED) is 0.757. The van der Waals surface area contributed by atoms with Crippen molar-refractivity contribution in [2.24, 2.45) is 0 Å². The van der Waals surface area contributed by atoms with Crippen LogP contribution in [0.15, 0.2) is 12.5 Å². The molecule has 1 atom stereocenters. The van der Waals surface area contributed by atoms with Gasteiger partial charge in [-0.1, -0.05) is 6.92 Å². The molecule has 0 radical (unpaired) electrons. The van der Waals surface area contributed by atoms with E-state index >= 15 is 0 Å². The Hall–Kier alpha value is -1.36. The van der Waals surface area contributed by atoms with Gasteiger partial charge in [0.05, 0.1) is 25.3 Å². The lowest BCUT2D eigenvalue weighted by Crippen LogP contribution is -2.32. The number of esters is 1. The van der Waals surface area contributed by atoms with Gasteiger partial charge in [0.15, 0.2) is 0 Å². The molecule has 0 amide bonds. The van der Waals surface area contributed by atoms with Crippen LogP contribution in [0.3, 0.4) is 0 Å². The summed E-state index contributed by atoms with van der Waals surface area (Å²) in [7, 11) is 1.42. The highest BCUT2D eigenvalue weighted by Gasteiger charge is 2.31. The van der Waals surface area contributed by atoms with E-state index in [1.165, 1.54) is 7.11 Å². The molecule has 0 aromatic carbocycles. The number of carbonyl (C=O) groups excluding carboxylic acids is 1. The number of rotatable bonds is 6. The van der Waals surface area contributed by atoms with E-state index in [1.54, 1.807) is 12.5 Å². The zero-order valence-electron chi connectivity index (χ0n) is 10.3. The monoisotopic (exact) mass is 237 g/mol. The summed E-state index contributed by atoms with van der Waals surface area (Å²) in [5.41, 5.74) is 0.894. The summed E-state index contributed by atoms with van der Waals surface area (Å²) in [6, 6.07) is 0.0608. The van der Waals surface area contributed by atoms with Crippen molar-refractivity contribution in [2.45, 2.75) is 44.8 Å². The van der Waals surface area contributed by atoms with Crippen LogP contribution in [0.1, 0.15) is 37.9 Å². The van der Waals surface area contributed by atoms with Gasteiger partial charge in [-0.05, 0) is 19.3 Å². The number of imidazole rings is 1. The smallest absolute Gasteiger partial charge is 0.329 e. The van der Waals surface area contributed by atoms with Crippen molar-refractivity contribution >= 4 is 5.97 Å². The van der Waals surface area contributed by atoms with Gasteiger partial charge >= 0.3 is 5.97 Å². The number of hydrogen-bond donors (Lipinski definition) is 1. The Labute approximate surface area is 101 Å². The molecule has 17 heavy (non-hydrogen) atoms. The molecule has 1 aromatic rings. The first-order valence-corrected chi connectivity index (χ1v) is 6.10. The van der Waals surface area contributed by atoms with Crippen molar-refractivity contribution < 1.29 is 9.53 Å². The van der Waals surface area contributed by atoms with Gasteiger partial charge in [-0.25, -0.2) is 9.78 Å². The van der Waals surface area contributed by atoms with E-state index in [4.69, 9.17) is 4.74 Å². The number of ether oxygens (including phenoxy) is 1. The van der Waals surface area contributed by atoms with Gasteiger partial charge < -0.3 is 9.30 Å². The number of methoxy groups -OCH3 is 1. The minimum Gasteiger partial charge on any atom is -0.468 e. The van der Waals surface area contributed by atoms with Crippen LogP contribution < -0.4 is 5.32 Å². The van der Waals surface area contributed by atoms with Gasteiger partial charge in [-0.2, -0.15) is 0 Å². The molecule has 0 bridgehead atoms.